The number of nitrogens with one attached hydrogen (secondary N) is 1. The molecule has 1 aromatic heterocycles. The Labute approximate surface area is 65.8 Å². The van der Waals surface area contributed by atoms with Crippen molar-refractivity contribution in [2.24, 2.45) is 5.73 Å². The van der Waals surface area contributed by atoms with Gasteiger partial charge in [0.15, 0.2) is 0 Å². The molecule has 0 amide bonds. The quantitative estimate of drug-likeness (QED) is 0.496. The lowest BCUT2D eigenvalue weighted by atomic mass is 10.1. The maximum Gasteiger partial charge on any atom is 0.0908 e. The molecule has 0 aliphatic rings. The summed E-state index contributed by atoms with van der Waals surface area (Å²) in [6.45, 7) is 0. The first-order valence-corrected chi connectivity index (χ1v) is 3.51. The van der Waals surface area contributed by atoms with Gasteiger partial charge < -0.3 is 5.73 Å². The molecule has 3 heteroatoms. The van der Waals surface area contributed by atoms with Crippen LogP contribution in [0, 0.1) is 5.41 Å². The van der Waals surface area contributed by atoms with E-state index in [4.69, 9.17) is 11.1 Å². The van der Waals surface area contributed by atoms with Gasteiger partial charge >= 0.3 is 0 Å². The lowest BCUT2D eigenvalue weighted by Gasteiger charge is -1.97. The van der Waals surface area contributed by atoms with Crippen LogP contribution in [0.3, 0.4) is 0 Å². The summed E-state index contributed by atoms with van der Waals surface area (Å²) < 4.78 is 0. The van der Waals surface area contributed by atoms with Crippen LogP contribution in [0.1, 0.15) is 12.0 Å². The van der Waals surface area contributed by atoms with Crippen LogP contribution >= 0.6 is 0 Å². The third-order valence-electron chi connectivity index (χ3n) is 1.41. The van der Waals surface area contributed by atoms with Crippen molar-refractivity contribution >= 4 is 5.84 Å². The van der Waals surface area contributed by atoms with Crippen LogP contribution in [0.2, 0.25) is 0 Å². The van der Waals surface area contributed by atoms with Gasteiger partial charge in [-0.1, -0.05) is 6.07 Å². The number of hydrogen-bond acceptors (Lipinski definition) is 2. The van der Waals surface area contributed by atoms with Crippen LogP contribution in [0.5, 0.6) is 0 Å². The Kier molecular flexibility index (Phi) is 2.60. The third-order valence-corrected chi connectivity index (χ3v) is 1.41. The summed E-state index contributed by atoms with van der Waals surface area (Å²) in [4.78, 5) is 3.95. The molecule has 1 rings (SSSR count). The molecule has 0 aliphatic carbocycles. The van der Waals surface area contributed by atoms with Crippen molar-refractivity contribution in [1.29, 1.82) is 5.41 Å². The minimum atomic E-state index is 0.230. The molecule has 0 fully saturated rings. The Balaban J connectivity index is 2.45. The molecule has 58 valence electrons. The highest BCUT2D eigenvalue weighted by molar-refractivity contribution is 5.77. The van der Waals surface area contributed by atoms with Crippen LogP contribution in [0.4, 0.5) is 0 Å². The van der Waals surface area contributed by atoms with Crippen molar-refractivity contribution in [3.05, 3.63) is 30.1 Å². The summed E-state index contributed by atoms with van der Waals surface area (Å²) in [6, 6.07) is 3.87. The summed E-state index contributed by atoms with van der Waals surface area (Å²) in [5.74, 6) is 0.230. The molecule has 0 atom stereocenters. The van der Waals surface area contributed by atoms with Crippen LogP contribution in [0.25, 0.3) is 0 Å². The number of amidine groups is 1. The molecular formula is C8H11N3. The largest absolute Gasteiger partial charge is 0.388 e. The number of aromatic nitrogens is 1. The first-order chi connectivity index (χ1) is 5.29. The van der Waals surface area contributed by atoms with Crippen molar-refractivity contribution in [3.8, 4) is 0 Å². The lowest BCUT2D eigenvalue weighted by Crippen LogP contribution is -2.10. The molecule has 3 N–H and O–H groups in total. The van der Waals surface area contributed by atoms with E-state index in [1.165, 1.54) is 0 Å². The highest BCUT2D eigenvalue weighted by Crippen LogP contribution is 1.98. The molecular weight excluding hydrogens is 138 g/mol. The van der Waals surface area contributed by atoms with E-state index in [0.717, 1.165) is 12.0 Å². The molecule has 0 saturated carbocycles. The number of nitrogens with zero attached hydrogens (tertiary/aromatic N) is 1. The van der Waals surface area contributed by atoms with Crippen molar-refractivity contribution in [1.82, 2.24) is 4.98 Å². The van der Waals surface area contributed by atoms with Crippen LogP contribution < -0.4 is 5.73 Å². The first kappa shape index (κ1) is 7.72. The summed E-state index contributed by atoms with van der Waals surface area (Å²) >= 11 is 0. The Morgan fingerprint density at radius 1 is 1.64 bits per heavy atom. The molecule has 1 heterocycles. The summed E-state index contributed by atoms with van der Waals surface area (Å²) in [7, 11) is 0. The Morgan fingerprint density at radius 2 is 2.45 bits per heavy atom. The predicted octanol–water partition coefficient (Wildman–Crippen LogP) is 0.950. The van der Waals surface area contributed by atoms with E-state index >= 15 is 0 Å². The minimum Gasteiger partial charge on any atom is -0.388 e. The summed E-state index contributed by atoms with van der Waals surface area (Å²) in [5, 5.41) is 7.00. The van der Waals surface area contributed by atoms with Gasteiger partial charge in [-0.05, 0) is 18.1 Å². The van der Waals surface area contributed by atoms with E-state index in [-0.39, 0.29) is 5.84 Å². The van der Waals surface area contributed by atoms with E-state index in [0.29, 0.717) is 6.42 Å². The maximum atomic E-state index is 7.00. The van der Waals surface area contributed by atoms with Crippen molar-refractivity contribution in [2.45, 2.75) is 12.8 Å². The zero-order chi connectivity index (χ0) is 8.10. The zero-order valence-corrected chi connectivity index (χ0v) is 6.25. The van der Waals surface area contributed by atoms with Crippen LogP contribution in [0.15, 0.2) is 24.5 Å². The number of rotatable bonds is 3. The highest BCUT2D eigenvalue weighted by atomic mass is 14.7. The molecule has 0 bridgehead atoms. The second kappa shape index (κ2) is 3.71. The smallest absolute Gasteiger partial charge is 0.0908 e. The highest BCUT2D eigenvalue weighted by Gasteiger charge is 1.92. The third kappa shape index (κ3) is 2.80. The molecule has 0 spiro atoms. The fourth-order valence-corrected chi connectivity index (χ4v) is 0.825. The summed E-state index contributed by atoms with van der Waals surface area (Å²) in [5.41, 5.74) is 6.33. The van der Waals surface area contributed by atoms with E-state index in [1.807, 2.05) is 12.1 Å². The second-order valence-electron chi connectivity index (χ2n) is 2.39. The molecule has 0 aliphatic heterocycles. The van der Waals surface area contributed by atoms with Gasteiger partial charge in [0.2, 0.25) is 0 Å². The average molecular weight is 149 g/mol. The molecule has 11 heavy (non-hydrogen) atoms. The van der Waals surface area contributed by atoms with Gasteiger partial charge in [-0.15, -0.1) is 0 Å². The van der Waals surface area contributed by atoms with E-state index < -0.39 is 0 Å². The number of aryl methyl sites for hydroxylation is 1. The molecule has 0 saturated heterocycles. The standard InChI is InChI=1S/C8H11N3/c9-8(10)4-3-7-2-1-5-11-6-7/h1-2,5-6H,3-4H2,(H3,9,10). The van der Waals surface area contributed by atoms with E-state index in [1.54, 1.807) is 12.4 Å². The molecule has 1 aromatic rings. The first-order valence-electron chi connectivity index (χ1n) is 3.51. The Hall–Kier alpha value is -1.38. The number of pyridine rings is 1. The molecule has 0 radical (unpaired) electrons. The molecule has 0 unspecified atom stereocenters. The molecule has 0 aromatic carbocycles. The van der Waals surface area contributed by atoms with Gasteiger partial charge in [-0.3, -0.25) is 10.4 Å². The van der Waals surface area contributed by atoms with E-state index in [2.05, 4.69) is 4.98 Å². The maximum absolute atomic E-state index is 7.00. The van der Waals surface area contributed by atoms with Crippen molar-refractivity contribution in [3.63, 3.8) is 0 Å². The second-order valence-corrected chi connectivity index (χ2v) is 2.39. The predicted molar refractivity (Wildman–Crippen MR) is 44.5 cm³/mol. The monoisotopic (exact) mass is 149 g/mol. The van der Waals surface area contributed by atoms with Crippen LogP contribution in [-0.4, -0.2) is 10.8 Å². The minimum absolute atomic E-state index is 0.230. The van der Waals surface area contributed by atoms with Crippen molar-refractivity contribution in [2.75, 3.05) is 0 Å². The van der Waals surface area contributed by atoms with Gasteiger partial charge in [0.05, 0.1) is 5.84 Å². The topological polar surface area (TPSA) is 62.8 Å². The average Bonchev–Trinajstić information content (AvgIpc) is 2.03. The van der Waals surface area contributed by atoms with Gasteiger partial charge in [-0.2, -0.15) is 0 Å². The number of hydrogen-bond donors (Lipinski definition) is 2. The normalized spacial score (nSPS) is 9.45. The van der Waals surface area contributed by atoms with Gasteiger partial charge in [0, 0.05) is 18.8 Å². The van der Waals surface area contributed by atoms with Gasteiger partial charge in [0.25, 0.3) is 0 Å². The lowest BCUT2D eigenvalue weighted by molar-refractivity contribution is 1.00. The summed E-state index contributed by atoms with van der Waals surface area (Å²) in [6.07, 6.45) is 4.95. The SMILES string of the molecule is N=C(N)CCc1cccnc1. The van der Waals surface area contributed by atoms with Gasteiger partial charge in [0.1, 0.15) is 0 Å². The molecule has 3 nitrogen and oxygen atoms in total. The fraction of sp³-hybridized carbons (Fsp3) is 0.250. The Bertz CT molecular complexity index is 230. The van der Waals surface area contributed by atoms with Crippen LogP contribution in [-0.2, 0) is 6.42 Å². The van der Waals surface area contributed by atoms with E-state index in [9.17, 15) is 0 Å². The fourth-order valence-electron chi connectivity index (χ4n) is 0.825. The number of nitrogens with two attached hydrogens (primary N) is 1. The van der Waals surface area contributed by atoms with Crippen molar-refractivity contribution < 1.29 is 0 Å². The van der Waals surface area contributed by atoms with Gasteiger partial charge in [-0.25, -0.2) is 0 Å². The Morgan fingerprint density at radius 3 is 3.00 bits per heavy atom. The zero-order valence-electron chi connectivity index (χ0n) is 6.25.